The molecule has 2 atom stereocenters. The van der Waals surface area contributed by atoms with Gasteiger partial charge in [0.05, 0.1) is 25.4 Å². The van der Waals surface area contributed by atoms with E-state index in [1.165, 1.54) is 0 Å². The smallest absolute Gasteiger partial charge is 0.492 e. The van der Waals surface area contributed by atoms with E-state index in [0.717, 1.165) is 16.5 Å². The number of benzene rings is 2. The van der Waals surface area contributed by atoms with Crippen LogP contribution in [0, 0.1) is 0 Å². The maximum absolute atomic E-state index is 9.90. The first-order chi connectivity index (χ1) is 16.4. The third kappa shape index (κ3) is 5.72. The van der Waals surface area contributed by atoms with Crippen LogP contribution in [-0.4, -0.2) is 67.5 Å². The molecule has 184 valence electrons. The average molecular weight is 558 g/mol. The van der Waals surface area contributed by atoms with Crippen molar-refractivity contribution in [3.8, 4) is 11.5 Å². The number of ether oxygens (including phenoxy) is 2. The molecule has 0 spiro atoms. The van der Waals surface area contributed by atoms with Crippen LogP contribution < -0.4 is 26.1 Å². The number of aliphatic hydroxyl groups is 2. The van der Waals surface area contributed by atoms with E-state index in [1.54, 1.807) is 18.2 Å². The monoisotopic (exact) mass is 557 g/mol. The van der Waals surface area contributed by atoms with Gasteiger partial charge in [-0.15, -0.1) is 0 Å². The zero-order valence-corrected chi connectivity index (χ0v) is 21.0. The minimum atomic E-state index is -1.09. The molecule has 2 aliphatic heterocycles. The molecule has 0 fully saturated rings. The molecule has 2 aromatic carbocycles. The van der Waals surface area contributed by atoms with Crippen LogP contribution in [0.5, 0.6) is 11.5 Å². The van der Waals surface area contributed by atoms with Gasteiger partial charge in [0.1, 0.15) is 24.7 Å². The fourth-order valence-corrected chi connectivity index (χ4v) is 4.85. The van der Waals surface area contributed by atoms with E-state index in [1.807, 2.05) is 13.0 Å². The summed E-state index contributed by atoms with van der Waals surface area (Å²) >= 11 is 9.53. The largest absolute Gasteiger partial charge is 0.495 e. The highest BCUT2D eigenvalue weighted by Crippen LogP contribution is 2.35. The summed E-state index contributed by atoms with van der Waals surface area (Å²) in [4.78, 5) is 0. The summed E-state index contributed by atoms with van der Waals surface area (Å²) in [5.74, 6) is 1.03. The van der Waals surface area contributed by atoms with Crippen LogP contribution in [0.15, 0.2) is 28.7 Å². The molecule has 0 saturated heterocycles. The van der Waals surface area contributed by atoms with Gasteiger partial charge in [0.25, 0.3) is 0 Å². The quantitative estimate of drug-likeness (QED) is 0.291. The van der Waals surface area contributed by atoms with Crippen molar-refractivity contribution in [2.24, 2.45) is 5.73 Å². The van der Waals surface area contributed by atoms with Gasteiger partial charge in [-0.3, -0.25) is 0 Å². The van der Waals surface area contributed by atoms with Crippen LogP contribution in [0.25, 0.3) is 0 Å². The predicted octanol–water partition coefficient (Wildman–Crippen LogP) is 0.418. The highest BCUT2D eigenvalue weighted by molar-refractivity contribution is 9.10. The molecule has 4 rings (SSSR count). The van der Waals surface area contributed by atoms with Crippen LogP contribution in [0.1, 0.15) is 36.7 Å². The molecular formula is C21H27B2BrClNO8. The van der Waals surface area contributed by atoms with Crippen molar-refractivity contribution in [2.45, 2.75) is 25.6 Å². The Labute approximate surface area is 212 Å². The van der Waals surface area contributed by atoms with E-state index in [4.69, 9.17) is 46.3 Å². The first-order valence-electron chi connectivity index (χ1n) is 10.9. The number of hydrogen-bond donors (Lipinski definition) is 5. The molecule has 0 radical (unpaired) electrons. The van der Waals surface area contributed by atoms with Crippen LogP contribution >= 0.6 is 27.5 Å². The van der Waals surface area contributed by atoms with Gasteiger partial charge in [-0.05, 0) is 36.2 Å². The Morgan fingerprint density at radius 1 is 0.941 bits per heavy atom. The van der Waals surface area contributed by atoms with Gasteiger partial charge < -0.3 is 44.8 Å². The second-order valence-corrected chi connectivity index (χ2v) is 8.75. The van der Waals surface area contributed by atoms with Crippen molar-refractivity contribution in [3.05, 3.63) is 44.9 Å². The fourth-order valence-electron chi connectivity index (χ4n) is 3.96. The molecule has 2 aliphatic rings. The molecule has 0 aliphatic carbocycles. The van der Waals surface area contributed by atoms with Gasteiger partial charge >= 0.3 is 14.2 Å². The zero-order chi connectivity index (χ0) is 24.8. The van der Waals surface area contributed by atoms with Crippen LogP contribution in [0.3, 0.4) is 0 Å². The maximum Gasteiger partial charge on any atom is 0.495 e. The van der Waals surface area contributed by atoms with E-state index in [9.17, 15) is 10.0 Å². The van der Waals surface area contributed by atoms with Gasteiger partial charge in [-0.2, -0.15) is 0 Å². The molecule has 6 N–H and O–H groups in total. The standard InChI is InChI=1S/C11H14BBrO4.C10H13BClNO4/c1-2-8-10-7(13)3-4-9(16-6-5-14)11(10)12(15)17-8;12-6-1-2-7(16-4-3-14)10-9(6)8(5-13)17-11(10)15/h3-4,8,14-15H,2,5-6H2,1H3;1-2,8,14-15H,3-5,13H2/t2*8-/m11/s1. The van der Waals surface area contributed by atoms with Gasteiger partial charge in [0.15, 0.2) is 0 Å². The van der Waals surface area contributed by atoms with E-state index in [0.29, 0.717) is 33.0 Å². The van der Waals surface area contributed by atoms with Gasteiger partial charge in [0.2, 0.25) is 0 Å². The van der Waals surface area contributed by atoms with E-state index in [-0.39, 0.29) is 39.1 Å². The average Bonchev–Trinajstić information content (AvgIpc) is 3.37. The fraction of sp³-hybridized carbons (Fsp3) is 0.429. The van der Waals surface area contributed by atoms with Crippen molar-refractivity contribution in [3.63, 3.8) is 0 Å². The lowest BCUT2D eigenvalue weighted by Gasteiger charge is -2.13. The van der Waals surface area contributed by atoms with Crippen LogP contribution in [-0.2, 0) is 9.31 Å². The lowest BCUT2D eigenvalue weighted by atomic mass is 9.78. The number of fused-ring (bicyclic) bond motifs is 2. The molecule has 13 heteroatoms. The summed E-state index contributed by atoms with van der Waals surface area (Å²) in [6, 6.07) is 6.94. The minimum absolute atomic E-state index is 0.0566. The summed E-state index contributed by atoms with van der Waals surface area (Å²) in [5.41, 5.74) is 8.33. The molecule has 2 heterocycles. The zero-order valence-electron chi connectivity index (χ0n) is 18.6. The van der Waals surface area contributed by atoms with E-state index in [2.05, 4.69) is 15.9 Å². The molecule has 34 heavy (non-hydrogen) atoms. The van der Waals surface area contributed by atoms with Gasteiger partial charge in [-0.1, -0.05) is 34.5 Å². The Bertz CT molecular complexity index is 911. The first-order valence-corrected chi connectivity index (χ1v) is 12.0. The number of nitrogens with two attached hydrogens (primary N) is 1. The summed E-state index contributed by atoms with van der Waals surface area (Å²) in [6.07, 6.45) is 0.240. The third-order valence-electron chi connectivity index (χ3n) is 5.39. The van der Waals surface area contributed by atoms with Crippen molar-refractivity contribution in [2.75, 3.05) is 33.0 Å². The number of halogens is 2. The lowest BCUT2D eigenvalue weighted by Crippen LogP contribution is -2.30. The number of hydrogen-bond acceptors (Lipinski definition) is 9. The normalized spacial score (nSPS) is 18.4. The molecule has 0 aromatic heterocycles. The van der Waals surface area contributed by atoms with Crippen molar-refractivity contribution in [1.29, 1.82) is 0 Å². The molecule has 0 saturated carbocycles. The van der Waals surface area contributed by atoms with E-state index < -0.39 is 20.3 Å². The van der Waals surface area contributed by atoms with Gasteiger partial charge in [0, 0.05) is 32.5 Å². The second-order valence-electron chi connectivity index (χ2n) is 7.49. The predicted molar refractivity (Wildman–Crippen MR) is 133 cm³/mol. The SMILES string of the molecule is CC[C@H]1OB(O)c2c(OCCO)ccc(Br)c21.NC[C@H]1OB(O)c2c(OCCO)ccc(Cl)c21. The molecule has 2 aromatic rings. The third-order valence-corrected chi connectivity index (χ3v) is 6.42. The first kappa shape index (κ1) is 27.3. The van der Waals surface area contributed by atoms with Crippen molar-refractivity contribution < 1.29 is 39.0 Å². The molecule has 0 amide bonds. The van der Waals surface area contributed by atoms with Crippen LogP contribution in [0.2, 0.25) is 5.02 Å². The van der Waals surface area contributed by atoms with Gasteiger partial charge in [-0.25, -0.2) is 0 Å². The molecule has 0 unspecified atom stereocenters. The summed E-state index contributed by atoms with van der Waals surface area (Å²) < 4.78 is 22.4. The Morgan fingerprint density at radius 3 is 2.00 bits per heavy atom. The number of rotatable bonds is 8. The van der Waals surface area contributed by atoms with Crippen molar-refractivity contribution >= 4 is 52.7 Å². The Hall–Kier alpha value is -1.34. The Morgan fingerprint density at radius 2 is 1.47 bits per heavy atom. The molecule has 9 nitrogen and oxygen atoms in total. The minimum Gasteiger partial charge on any atom is -0.492 e. The summed E-state index contributed by atoms with van der Waals surface area (Å²) in [6.45, 7) is 2.42. The molecule has 0 bridgehead atoms. The Kier molecular flexibility index (Phi) is 10.1. The number of aliphatic hydroxyl groups excluding tert-OH is 2. The molecular weight excluding hydrogens is 531 g/mol. The second kappa shape index (κ2) is 12.6. The maximum atomic E-state index is 9.90. The topological polar surface area (TPSA) is 144 Å². The van der Waals surface area contributed by atoms with E-state index >= 15 is 0 Å². The summed E-state index contributed by atoms with van der Waals surface area (Å²) in [7, 11) is -2.05. The van der Waals surface area contributed by atoms with Crippen molar-refractivity contribution in [1.82, 2.24) is 0 Å². The lowest BCUT2D eigenvalue weighted by molar-refractivity contribution is 0.186. The highest BCUT2D eigenvalue weighted by atomic mass is 79.9. The highest BCUT2D eigenvalue weighted by Gasteiger charge is 2.39. The Balaban J connectivity index is 0.000000191. The van der Waals surface area contributed by atoms with Crippen LogP contribution in [0.4, 0.5) is 0 Å². The summed E-state index contributed by atoms with van der Waals surface area (Å²) in [5, 5.41) is 37.7.